The van der Waals surface area contributed by atoms with E-state index in [9.17, 15) is 50.3 Å². The maximum Gasteiger partial charge on any atom is 0.358 e. The van der Waals surface area contributed by atoms with Crippen LogP contribution in [0.3, 0.4) is 0 Å². The molecular weight excluding hydrogens is 1720 g/mol. The van der Waals surface area contributed by atoms with Crippen molar-refractivity contribution < 1.29 is 74.0 Å². The lowest BCUT2D eigenvalue weighted by Gasteiger charge is -2.29. The molecule has 0 saturated heterocycles. The SMILES string of the molecule is CCOC(=O)c1ccn(-c2cc(Cl)cc(Cl)n2)n1.CCOC(=O)c1ccn(-c2cc(Cl)cc(NC3CCC(F)(F)CC3)n2)n1.CCOC(=O)c1ccn(-c2cc(Cl)nc(Cl)c2)n1.CCOC(=O)c1ccn(-c2cc(NC3CCC(F)(F)CC3)cc(Cl)n2)n1.CCOC(=O)c1ccn[nH]1.Clc1cc(Cl)nc(Cl)c1.NC1CCC(F)(F)CC1. The first-order valence-electron chi connectivity index (χ1n) is 35.6. The van der Waals surface area contributed by atoms with E-state index < -0.39 is 41.6 Å². The zero-order valence-corrected chi connectivity index (χ0v) is 69.2. The molecule has 0 atom stereocenters. The molecule has 624 valence electrons. The smallest absolute Gasteiger partial charge is 0.358 e. The van der Waals surface area contributed by atoms with Crippen LogP contribution in [0.4, 0.5) is 37.8 Å². The van der Waals surface area contributed by atoms with Crippen molar-refractivity contribution in [2.24, 2.45) is 5.73 Å². The van der Waals surface area contributed by atoms with Crippen molar-refractivity contribution in [3.05, 3.63) is 196 Å². The fraction of sp³-hybridized carbons (Fsp3) is 0.384. The predicted octanol–water partition coefficient (Wildman–Crippen LogP) is 18.8. The molecule has 5 N–H and O–H groups in total. The first kappa shape index (κ1) is 94.1. The first-order valence-corrected chi connectivity index (χ1v) is 39.0. The number of H-pyrrole nitrogens is 1. The Hall–Kier alpha value is -9.10. The van der Waals surface area contributed by atoms with Crippen LogP contribution in [0.5, 0.6) is 0 Å². The van der Waals surface area contributed by atoms with Crippen molar-refractivity contribution in [2.45, 2.75) is 148 Å². The second-order valence-electron chi connectivity index (χ2n) is 24.8. The van der Waals surface area contributed by atoms with E-state index in [0.29, 0.717) is 124 Å². The Morgan fingerprint density at radius 3 is 1.12 bits per heavy atom. The maximum absolute atomic E-state index is 13.3. The number of aromatic nitrogens is 15. The molecule has 3 aliphatic rings. The summed E-state index contributed by atoms with van der Waals surface area (Å²) in [6.45, 7) is 10.2. The van der Waals surface area contributed by atoms with Gasteiger partial charge in [0.25, 0.3) is 0 Å². The number of halogens is 15. The number of alkyl halides is 6. The number of nitrogens with one attached hydrogen (secondary N) is 3. The van der Waals surface area contributed by atoms with Gasteiger partial charge in [-0.1, -0.05) is 104 Å². The van der Waals surface area contributed by atoms with E-state index in [-0.39, 0.29) is 119 Å². The molecule has 28 nitrogen and oxygen atoms in total. The zero-order valence-electron chi connectivity index (χ0n) is 62.4. The third kappa shape index (κ3) is 31.7. The number of ether oxygens (including phenoxy) is 5. The lowest BCUT2D eigenvalue weighted by molar-refractivity contribution is -0.0378. The Labute approximate surface area is 705 Å². The summed E-state index contributed by atoms with van der Waals surface area (Å²) in [5, 5.41) is 31.9. The highest BCUT2D eigenvalue weighted by molar-refractivity contribution is 6.37. The van der Waals surface area contributed by atoms with Crippen molar-refractivity contribution in [2.75, 3.05) is 43.7 Å². The molecule has 0 bridgehead atoms. The molecular formula is C73H77Cl9F6N18O10. The van der Waals surface area contributed by atoms with E-state index in [1.165, 1.54) is 61.3 Å². The predicted molar refractivity (Wildman–Crippen MR) is 426 cm³/mol. The summed E-state index contributed by atoms with van der Waals surface area (Å²) in [7, 11) is 0. The number of hydrogen-bond donors (Lipinski definition) is 4. The first-order chi connectivity index (χ1) is 55.0. The van der Waals surface area contributed by atoms with Crippen LogP contribution >= 0.6 is 104 Å². The topological polar surface area (TPSA) is 346 Å². The van der Waals surface area contributed by atoms with Crippen LogP contribution in [0, 0.1) is 0 Å². The minimum Gasteiger partial charge on any atom is -0.461 e. The highest BCUT2D eigenvalue weighted by Crippen LogP contribution is 2.37. The zero-order chi connectivity index (χ0) is 84.9. The van der Waals surface area contributed by atoms with Gasteiger partial charge in [-0.15, -0.1) is 0 Å². The fourth-order valence-electron chi connectivity index (χ4n) is 10.5. The number of aromatic amines is 1. The largest absolute Gasteiger partial charge is 0.461 e. The van der Waals surface area contributed by atoms with Gasteiger partial charge in [0.05, 0.1) is 38.7 Å². The van der Waals surface area contributed by atoms with E-state index in [1.54, 1.807) is 114 Å². The molecule has 0 amide bonds. The van der Waals surface area contributed by atoms with Crippen molar-refractivity contribution >= 4 is 146 Å². The van der Waals surface area contributed by atoms with Gasteiger partial charge in [0.2, 0.25) is 17.8 Å². The summed E-state index contributed by atoms with van der Waals surface area (Å²) in [5.41, 5.74) is 7.86. The van der Waals surface area contributed by atoms with Gasteiger partial charge in [-0.3, -0.25) is 5.10 Å². The molecule has 3 saturated carbocycles. The Bertz CT molecular complexity index is 4520. The van der Waals surface area contributed by atoms with Crippen molar-refractivity contribution in [3.8, 4) is 23.1 Å². The molecule has 116 heavy (non-hydrogen) atoms. The number of pyridine rings is 5. The number of rotatable bonds is 18. The Kier molecular flexibility index (Phi) is 37.0. The van der Waals surface area contributed by atoms with Crippen LogP contribution in [0.25, 0.3) is 23.1 Å². The lowest BCUT2D eigenvalue weighted by Crippen LogP contribution is -2.32. The normalized spacial score (nSPS) is 14.6. The highest BCUT2D eigenvalue weighted by Gasteiger charge is 2.37. The van der Waals surface area contributed by atoms with Crippen LogP contribution in [0.1, 0.15) is 164 Å². The van der Waals surface area contributed by atoms with Crippen molar-refractivity contribution in [1.82, 2.24) is 74.2 Å². The number of carbonyl (C=O) groups excluding carboxylic acids is 5. The number of nitrogens with two attached hydrogens (primary N) is 1. The molecule has 10 aromatic heterocycles. The summed E-state index contributed by atoms with van der Waals surface area (Å²) in [6, 6.07) is 23.5. The van der Waals surface area contributed by atoms with Gasteiger partial charge in [-0.05, 0) is 134 Å². The highest BCUT2D eigenvalue weighted by atomic mass is 35.5. The summed E-state index contributed by atoms with van der Waals surface area (Å²) in [6.07, 6.45) is 9.76. The molecule has 0 spiro atoms. The monoisotopic (exact) mass is 1790 g/mol. The van der Waals surface area contributed by atoms with Crippen LogP contribution in [0.15, 0.2) is 122 Å². The van der Waals surface area contributed by atoms with E-state index >= 15 is 0 Å². The Balaban J connectivity index is 0.000000194. The molecule has 0 aromatic carbocycles. The Morgan fingerprint density at radius 1 is 0.414 bits per heavy atom. The van der Waals surface area contributed by atoms with Gasteiger partial charge < -0.3 is 40.1 Å². The number of hydrogen-bond acceptors (Lipinski definition) is 23. The molecule has 13 rings (SSSR count). The van der Waals surface area contributed by atoms with E-state index in [4.69, 9.17) is 129 Å². The molecule has 0 unspecified atom stereocenters. The molecule has 0 radical (unpaired) electrons. The van der Waals surface area contributed by atoms with Gasteiger partial charge >= 0.3 is 29.8 Å². The van der Waals surface area contributed by atoms with E-state index in [1.807, 2.05) is 0 Å². The standard InChI is InChI=1S/2C17H19ClF2N4O2.2C11H9Cl2N3O2.C6H11F2N.C6H8N2O2.C5H2Cl3N/c1-2-26-16(25)13-5-8-24(23-13)15-10-11(18)9-14(22-15)21-12-3-6-17(19,20)7-4-12;1-2-26-16(25)13-5-8-24(23-13)15-10-12(9-14(18)22-15)21-11-3-6-17(19,20)7-4-11;1-2-18-11(17)8-3-4-16(15-8)7-5-9(12)14-10(13)6-7;1-2-18-11(17)8-3-4-16(15-8)10-6-7(12)5-9(13)14-10;7-6(8)3-1-5(9)2-4-6;1-2-10-6(9)5-3-4-7-8-5;6-3-1-4(7)9-5(8)2-3/h5,8-10,12H,2-4,6-7H2,1H3,(H,21,22);5,8-11H,2-4,6-7H2,1H3,(H,21,22);2*3-6H,2H2,1H3;5H,1-4,9H2;3-4H,2H2,1H3,(H,7,8);1-2H. The molecule has 3 fully saturated rings. The molecule has 10 heterocycles. The number of anilines is 2. The van der Waals surface area contributed by atoms with Gasteiger partial charge in [0, 0.05) is 139 Å². The summed E-state index contributed by atoms with van der Waals surface area (Å²) >= 11 is 51.9. The minimum atomic E-state index is -2.58. The van der Waals surface area contributed by atoms with Crippen LogP contribution in [-0.2, 0) is 23.7 Å². The van der Waals surface area contributed by atoms with Crippen molar-refractivity contribution in [3.63, 3.8) is 0 Å². The van der Waals surface area contributed by atoms with Gasteiger partial charge in [-0.25, -0.2) is 94.0 Å². The second kappa shape index (κ2) is 45.6. The molecule has 3 aliphatic carbocycles. The molecule has 43 heteroatoms. The minimum absolute atomic E-state index is 0.0182. The fourth-order valence-corrected chi connectivity index (χ4v) is 12.6. The van der Waals surface area contributed by atoms with Gasteiger partial charge in [0.1, 0.15) is 42.4 Å². The number of nitrogens with zero attached hydrogens (tertiary/aromatic N) is 14. The summed E-state index contributed by atoms with van der Waals surface area (Å²) in [4.78, 5) is 77.3. The van der Waals surface area contributed by atoms with Crippen LogP contribution in [0.2, 0.25) is 46.0 Å². The average Bonchev–Trinajstić information content (AvgIpc) is 1.70. The number of carbonyl (C=O) groups is 5. The Morgan fingerprint density at radius 2 is 0.741 bits per heavy atom. The second-order valence-corrected chi connectivity index (χ2v) is 28.5. The maximum atomic E-state index is 13.3. The van der Waals surface area contributed by atoms with E-state index in [0.717, 1.165) is 0 Å². The van der Waals surface area contributed by atoms with Crippen LogP contribution < -0.4 is 16.4 Å². The molecule has 10 aromatic rings. The average molecular weight is 1800 g/mol. The van der Waals surface area contributed by atoms with E-state index in [2.05, 4.69) is 70.9 Å². The number of esters is 5. The lowest BCUT2D eigenvalue weighted by atomic mass is 9.92. The van der Waals surface area contributed by atoms with Gasteiger partial charge in [0.15, 0.2) is 40.2 Å². The van der Waals surface area contributed by atoms with Crippen molar-refractivity contribution in [1.29, 1.82) is 0 Å². The quantitative estimate of drug-likeness (QED) is 0.0268. The summed E-state index contributed by atoms with van der Waals surface area (Å²) < 4.78 is 108. The third-order valence-electron chi connectivity index (χ3n) is 16.0. The molecule has 0 aliphatic heterocycles. The summed E-state index contributed by atoms with van der Waals surface area (Å²) in [5.74, 6) is -8.18. The third-order valence-corrected chi connectivity index (χ3v) is 17.8. The van der Waals surface area contributed by atoms with Crippen LogP contribution in [-0.4, -0.2) is 173 Å². The van der Waals surface area contributed by atoms with Gasteiger partial charge in [-0.2, -0.15) is 25.5 Å².